The van der Waals surface area contributed by atoms with Crippen molar-refractivity contribution in [2.24, 2.45) is 28.6 Å². The molecule has 2 saturated carbocycles. The molecule has 4 atom stereocenters. The fourth-order valence-corrected chi connectivity index (χ4v) is 5.30. The zero-order valence-electron chi connectivity index (χ0n) is 14.8. The van der Waals surface area contributed by atoms with E-state index in [1.54, 1.807) is 0 Å². The second kappa shape index (κ2) is 5.75. The van der Waals surface area contributed by atoms with Crippen LogP contribution in [0.4, 0.5) is 0 Å². The van der Waals surface area contributed by atoms with Crippen molar-refractivity contribution in [2.75, 3.05) is 0 Å². The van der Waals surface area contributed by atoms with E-state index in [0.717, 1.165) is 38.5 Å². The SMILES string of the molecule is CC(C)(C)C1(C(=O)O)CC2=CCC1C2.O=C(O)C1CC2=CCC1C2. The van der Waals surface area contributed by atoms with Gasteiger partial charge in [-0.1, -0.05) is 44.1 Å². The lowest BCUT2D eigenvalue weighted by Crippen LogP contribution is -2.46. The molecule has 0 saturated heterocycles. The van der Waals surface area contributed by atoms with Crippen LogP contribution in [-0.2, 0) is 9.59 Å². The van der Waals surface area contributed by atoms with Crippen LogP contribution in [0, 0.1) is 28.6 Å². The molecular formula is C20H28O4. The number of fused-ring (bicyclic) bond motifs is 4. The minimum atomic E-state index is -0.604. The van der Waals surface area contributed by atoms with Crippen LogP contribution in [0.2, 0.25) is 0 Å². The summed E-state index contributed by atoms with van der Waals surface area (Å²) < 4.78 is 0. The van der Waals surface area contributed by atoms with E-state index >= 15 is 0 Å². The molecule has 4 aliphatic carbocycles. The first-order chi connectivity index (χ1) is 11.1. The standard InChI is InChI=1S/C12H18O2.C8H10O2/c1-11(2,3)12(10(13)14)7-8-4-5-9(12)6-8;9-8(10)7-4-5-1-2-6(7)3-5/h4,9H,5-7H2,1-3H3,(H,13,14);1,6-7H,2-4H2,(H,9,10). The lowest BCUT2D eigenvalue weighted by Gasteiger charge is -2.43. The highest BCUT2D eigenvalue weighted by Crippen LogP contribution is 2.60. The van der Waals surface area contributed by atoms with E-state index in [4.69, 9.17) is 5.11 Å². The van der Waals surface area contributed by atoms with Crippen LogP contribution in [0.15, 0.2) is 23.3 Å². The molecule has 4 nitrogen and oxygen atoms in total. The molecule has 4 heteroatoms. The van der Waals surface area contributed by atoms with Crippen molar-refractivity contribution < 1.29 is 19.8 Å². The largest absolute Gasteiger partial charge is 0.481 e. The van der Waals surface area contributed by atoms with E-state index in [0.29, 0.717) is 11.8 Å². The van der Waals surface area contributed by atoms with Crippen LogP contribution in [0.25, 0.3) is 0 Å². The maximum absolute atomic E-state index is 11.5. The normalized spacial score (nSPS) is 36.0. The van der Waals surface area contributed by atoms with Crippen molar-refractivity contribution in [1.29, 1.82) is 0 Å². The number of carboxylic acid groups (broad SMARTS) is 2. The van der Waals surface area contributed by atoms with E-state index in [1.807, 2.05) is 0 Å². The van der Waals surface area contributed by atoms with Crippen LogP contribution >= 0.6 is 0 Å². The van der Waals surface area contributed by atoms with Crippen molar-refractivity contribution in [1.82, 2.24) is 0 Å². The van der Waals surface area contributed by atoms with Gasteiger partial charge in [-0.05, 0) is 55.8 Å². The fraction of sp³-hybridized carbons (Fsp3) is 0.700. The summed E-state index contributed by atoms with van der Waals surface area (Å²) in [6.07, 6.45) is 10.1. The summed E-state index contributed by atoms with van der Waals surface area (Å²) in [4.78, 5) is 22.1. The Bertz CT molecular complexity index is 622. The predicted octanol–water partition coefficient (Wildman–Crippen LogP) is 4.27. The number of carboxylic acids is 2. The summed E-state index contributed by atoms with van der Waals surface area (Å²) in [7, 11) is 0. The summed E-state index contributed by atoms with van der Waals surface area (Å²) in [5.41, 5.74) is 2.10. The topological polar surface area (TPSA) is 74.6 Å². The first-order valence-electron chi connectivity index (χ1n) is 8.97. The highest BCUT2D eigenvalue weighted by molar-refractivity contribution is 5.78. The average Bonchev–Trinajstić information content (AvgIpc) is 3.25. The molecule has 0 heterocycles. The van der Waals surface area contributed by atoms with E-state index in [9.17, 15) is 14.7 Å². The van der Waals surface area contributed by atoms with Gasteiger partial charge in [0, 0.05) is 0 Å². The summed E-state index contributed by atoms with van der Waals surface area (Å²) in [6, 6.07) is 0. The van der Waals surface area contributed by atoms with Gasteiger partial charge in [-0.15, -0.1) is 0 Å². The molecule has 0 aromatic carbocycles. The van der Waals surface area contributed by atoms with Crippen LogP contribution in [-0.4, -0.2) is 22.2 Å². The van der Waals surface area contributed by atoms with Gasteiger partial charge in [-0.2, -0.15) is 0 Å². The van der Waals surface area contributed by atoms with Crippen LogP contribution in [0.5, 0.6) is 0 Å². The van der Waals surface area contributed by atoms with Gasteiger partial charge in [0.15, 0.2) is 0 Å². The van der Waals surface area contributed by atoms with Crippen molar-refractivity contribution >= 4 is 11.9 Å². The van der Waals surface area contributed by atoms with E-state index < -0.39 is 17.4 Å². The second-order valence-corrected chi connectivity index (χ2v) is 8.91. The maximum atomic E-state index is 11.5. The van der Waals surface area contributed by atoms with Gasteiger partial charge in [-0.25, -0.2) is 0 Å². The van der Waals surface area contributed by atoms with Crippen molar-refractivity contribution in [3.63, 3.8) is 0 Å². The van der Waals surface area contributed by atoms with Crippen molar-refractivity contribution in [3.05, 3.63) is 23.3 Å². The number of carbonyl (C=O) groups is 2. The second-order valence-electron chi connectivity index (χ2n) is 8.91. The monoisotopic (exact) mass is 332 g/mol. The molecule has 0 aliphatic heterocycles. The minimum Gasteiger partial charge on any atom is -0.481 e. The molecule has 0 aromatic rings. The predicted molar refractivity (Wildman–Crippen MR) is 91.5 cm³/mol. The third-order valence-electron chi connectivity index (χ3n) is 6.72. The minimum absolute atomic E-state index is 0.0556. The summed E-state index contributed by atoms with van der Waals surface area (Å²) >= 11 is 0. The molecule has 2 fully saturated rings. The Morgan fingerprint density at radius 2 is 1.71 bits per heavy atom. The van der Waals surface area contributed by atoms with Gasteiger partial charge in [0.2, 0.25) is 0 Å². The highest BCUT2D eigenvalue weighted by atomic mass is 16.4. The quantitative estimate of drug-likeness (QED) is 0.741. The lowest BCUT2D eigenvalue weighted by atomic mass is 9.59. The molecule has 0 radical (unpaired) electrons. The Balaban J connectivity index is 0.000000149. The summed E-state index contributed by atoms with van der Waals surface area (Å²) in [6.45, 7) is 6.17. The zero-order chi connectivity index (χ0) is 17.7. The summed E-state index contributed by atoms with van der Waals surface area (Å²) in [5.74, 6) is -0.478. The van der Waals surface area contributed by atoms with Gasteiger partial charge >= 0.3 is 11.9 Å². The van der Waals surface area contributed by atoms with Gasteiger partial charge in [0.25, 0.3) is 0 Å². The molecular weight excluding hydrogens is 304 g/mol. The molecule has 4 unspecified atom stereocenters. The van der Waals surface area contributed by atoms with E-state index in [1.165, 1.54) is 11.1 Å². The Morgan fingerprint density at radius 3 is 1.96 bits per heavy atom. The number of rotatable bonds is 2. The van der Waals surface area contributed by atoms with Crippen molar-refractivity contribution in [3.8, 4) is 0 Å². The number of allylic oxidation sites excluding steroid dienone is 4. The molecule has 2 N–H and O–H groups in total. The molecule has 4 rings (SSSR count). The summed E-state index contributed by atoms with van der Waals surface area (Å²) in [5, 5.41) is 18.2. The van der Waals surface area contributed by atoms with Crippen LogP contribution in [0.3, 0.4) is 0 Å². The first-order valence-corrected chi connectivity index (χ1v) is 8.97. The van der Waals surface area contributed by atoms with Crippen LogP contribution in [0.1, 0.15) is 59.3 Å². The number of hydrogen-bond donors (Lipinski definition) is 2. The number of aliphatic carboxylic acids is 2. The average molecular weight is 332 g/mol. The smallest absolute Gasteiger partial charge is 0.310 e. The Hall–Kier alpha value is -1.58. The van der Waals surface area contributed by atoms with Gasteiger partial charge < -0.3 is 10.2 Å². The third kappa shape index (κ3) is 2.60. The maximum Gasteiger partial charge on any atom is 0.310 e. The Labute approximate surface area is 143 Å². The molecule has 24 heavy (non-hydrogen) atoms. The van der Waals surface area contributed by atoms with E-state index in [-0.39, 0.29) is 11.3 Å². The first kappa shape index (κ1) is 17.2. The Morgan fingerprint density at radius 1 is 1.04 bits per heavy atom. The molecule has 4 bridgehead atoms. The van der Waals surface area contributed by atoms with Crippen LogP contribution < -0.4 is 0 Å². The third-order valence-corrected chi connectivity index (χ3v) is 6.72. The van der Waals surface area contributed by atoms with E-state index in [2.05, 4.69) is 32.9 Å². The molecule has 0 amide bonds. The zero-order valence-corrected chi connectivity index (χ0v) is 14.8. The molecule has 0 spiro atoms. The molecule has 4 aliphatic rings. The fourth-order valence-electron chi connectivity index (χ4n) is 5.30. The molecule has 132 valence electrons. The van der Waals surface area contributed by atoms with Gasteiger partial charge in [0.1, 0.15) is 0 Å². The lowest BCUT2D eigenvalue weighted by molar-refractivity contribution is -0.160. The Kier molecular flexibility index (Phi) is 4.13. The van der Waals surface area contributed by atoms with Crippen molar-refractivity contribution in [2.45, 2.75) is 59.3 Å². The highest BCUT2D eigenvalue weighted by Gasteiger charge is 2.59. The number of hydrogen-bond acceptors (Lipinski definition) is 2. The van der Waals surface area contributed by atoms with Gasteiger partial charge in [0.05, 0.1) is 11.3 Å². The van der Waals surface area contributed by atoms with Gasteiger partial charge in [-0.3, -0.25) is 9.59 Å². The molecule has 0 aromatic heterocycles.